The Kier molecular flexibility index (Phi) is 5.61. The van der Waals surface area contributed by atoms with Crippen molar-refractivity contribution >= 4 is 22.9 Å². The summed E-state index contributed by atoms with van der Waals surface area (Å²) in [6.07, 6.45) is 1.09. The van der Waals surface area contributed by atoms with E-state index in [9.17, 15) is 0 Å². The van der Waals surface area contributed by atoms with Crippen LogP contribution in [0.25, 0.3) is 0 Å². The molecule has 86 valence electrons. The lowest BCUT2D eigenvalue weighted by Gasteiger charge is -2.20. The lowest BCUT2D eigenvalue weighted by molar-refractivity contribution is 0.275. The topological polar surface area (TPSA) is 29.3 Å². The van der Waals surface area contributed by atoms with Crippen LogP contribution in [0.15, 0.2) is 12.1 Å². The van der Waals surface area contributed by atoms with E-state index in [0.717, 1.165) is 30.4 Å². The third kappa shape index (κ3) is 4.98. The van der Waals surface area contributed by atoms with E-state index >= 15 is 0 Å². The van der Waals surface area contributed by atoms with Crippen molar-refractivity contribution in [3.63, 3.8) is 0 Å². The fourth-order valence-electron chi connectivity index (χ4n) is 1.68. The van der Waals surface area contributed by atoms with Gasteiger partial charge in [0.25, 0.3) is 0 Å². The van der Waals surface area contributed by atoms with Crippen molar-refractivity contribution in [2.75, 3.05) is 20.1 Å². The summed E-state index contributed by atoms with van der Waals surface area (Å²) in [5, 5.41) is 0. The van der Waals surface area contributed by atoms with Crippen molar-refractivity contribution in [2.24, 2.45) is 11.7 Å². The monoisotopic (exact) mass is 246 g/mol. The van der Waals surface area contributed by atoms with Crippen LogP contribution < -0.4 is 5.73 Å². The summed E-state index contributed by atoms with van der Waals surface area (Å²) in [5.41, 5.74) is 5.53. The predicted molar refractivity (Wildman–Crippen MR) is 68.5 cm³/mol. The highest BCUT2D eigenvalue weighted by molar-refractivity contribution is 7.16. The van der Waals surface area contributed by atoms with Gasteiger partial charge in [-0.1, -0.05) is 18.5 Å². The zero-order chi connectivity index (χ0) is 11.3. The Labute approximate surface area is 101 Å². The Morgan fingerprint density at radius 3 is 2.80 bits per heavy atom. The van der Waals surface area contributed by atoms with E-state index in [0.29, 0.717) is 5.92 Å². The Hall–Kier alpha value is -0.0900. The van der Waals surface area contributed by atoms with Gasteiger partial charge < -0.3 is 10.6 Å². The van der Waals surface area contributed by atoms with Crippen LogP contribution in [0.4, 0.5) is 0 Å². The summed E-state index contributed by atoms with van der Waals surface area (Å²) in [5.74, 6) is 0.662. The van der Waals surface area contributed by atoms with E-state index in [1.54, 1.807) is 11.3 Å². The maximum atomic E-state index is 5.88. The van der Waals surface area contributed by atoms with Gasteiger partial charge in [0.1, 0.15) is 0 Å². The van der Waals surface area contributed by atoms with Crippen LogP contribution >= 0.6 is 22.9 Å². The van der Waals surface area contributed by atoms with Gasteiger partial charge in [0.15, 0.2) is 0 Å². The van der Waals surface area contributed by atoms with Crippen molar-refractivity contribution in [3.8, 4) is 0 Å². The molecule has 0 fully saturated rings. The zero-order valence-corrected chi connectivity index (χ0v) is 10.9. The Morgan fingerprint density at radius 1 is 1.53 bits per heavy atom. The summed E-state index contributed by atoms with van der Waals surface area (Å²) in [6, 6.07) is 4.05. The van der Waals surface area contributed by atoms with Crippen molar-refractivity contribution in [2.45, 2.75) is 19.9 Å². The molecular weight excluding hydrogens is 228 g/mol. The van der Waals surface area contributed by atoms with Crippen LogP contribution in [0.3, 0.4) is 0 Å². The first-order valence-electron chi connectivity index (χ1n) is 5.24. The van der Waals surface area contributed by atoms with Crippen LogP contribution in [0.5, 0.6) is 0 Å². The molecule has 0 aromatic carbocycles. The molecule has 1 rings (SSSR count). The second-order valence-corrected chi connectivity index (χ2v) is 5.88. The maximum absolute atomic E-state index is 5.88. The molecule has 15 heavy (non-hydrogen) atoms. The molecule has 2 nitrogen and oxygen atoms in total. The highest BCUT2D eigenvalue weighted by Gasteiger charge is 2.07. The Morgan fingerprint density at radius 2 is 2.27 bits per heavy atom. The number of rotatable bonds is 6. The summed E-state index contributed by atoms with van der Waals surface area (Å²) < 4.78 is 0.869. The predicted octanol–water partition coefficient (Wildman–Crippen LogP) is 2.82. The lowest BCUT2D eigenvalue weighted by Crippen LogP contribution is -2.24. The van der Waals surface area contributed by atoms with E-state index in [1.165, 1.54) is 4.88 Å². The summed E-state index contributed by atoms with van der Waals surface area (Å²) >= 11 is 7.54. The van der Waals surface area contributed by atoms with Gasteiger partial charge in [-0.15, -0.1) is 11.3 Å². The summed E-state index contributed by atoms with van der Waals surface area (Å²) in [7, 11) is 2.14. The first-order valence-corrected chi connectivity index (χ1v) is 6.44. The SMILES string of the molecule is CC(CCN)CN(C)Cc1ccc(Cl)s1. The molecule has 1 atom stereocenters. The summed E-state index contributed by atoms with van der Waals surface area (Å²) in [6.45, 7) is 5.09. The van der Waals surface area contributed by atoms with Crippen molar-refractivity contribution < 1.29 is 0 Å². The molecule has 0 saturated carbocycles. The average Bonchev–Trinajstić information content (AvgIpc) is 2.51. The van der Waals surface area contributed by atoms with E-state index < -0.39 is 0 Å². The molecular formula is C11H19ClN2S. The number of nitrogens with two attached hydrogens (primary N) is 1. The fraction of sp³-hybridized carbons (Fsp3) is 0.636. The molecule has 4 heteroatoms. The quantitative estimate of drug-likeness (QED) is 0.837. The van der Waals surface area contributed by atoms with Crippen LogP contribution in [0.2, 0.25) is 4.34 Å². The highest BCUT2D eigenvalue weighted by atomic mass is 35.5. The van der Waals surface area contributed by atoms with Gasteiger partial charge in [-0.3, -0.25) is 0 Å². The van der Waals surface area contributed by atoms with Gasteiger partial charge in [-0.2, -0.15) is 0 Å². The number of hydrogen-bond acceptors (Lipinski definition) is 3. The van der Waals surface area contributed by atoms with E-state index in [1.807, 2.05) is 6.07 Å². The molecule has 0 aliphatic rings. The molecule has 0 saturated heterocycles. The maximum Gasteiger partial charge on any atom is 0.0931 e. The number of hydrogen-bond donors (Lipinski definition) is 1. The van der Waals surface area contributed by atoms with Gasteiger partial charge in [0.2, 0.25) is 0 Å². The third-order valence-electron chi connectivity index (χ3n) is 2.34. The van der Waals surface area contributed by atoms with Crippen molar-refractivity contribution in [3.05, 3.63) is 21.3 Å². The molecule has 1 heterocycles. The molecule has 1 unspecified atom stereocenters. The highest BCUT2D eigenvalue weighted by Crippen LogP contribution is 2.22. The number of thiophene rings is 1. The molecule has 0 spiro atoms. The van der Waals surface area contributed by atoms with Gasteiger partial charge in [0, 0.05) is 18.0 Å². The molecule has 0 amide bonds. The molecule has 0 aliphatic carbocycles. The Balaban J connectivity index is 2.32. The molecule has 1 aromatic heterocycles. The van der Waals surface area contributed by atoms with Crippen LogP contribution in [-0.4, -0.2) is 25.0 Å². The molecule has 0 bridgehead atoms. The van der Waals surface area contributed by atoms with Gasteiger partial charge in [-0.25, -0.2) is 0 Å². The molecule has 2 N–H and O–H groups in total. The smallest absolute Gasteiger partial charge is 0.0931 e. The number of nitrogens with zero attached hydrogens (tertiary/aromatic N) is 1. The number of halogens is 1. The molecule has 0 aliphatic heterocycles. The lowest BCUT2D eigenvalue weighted by atomic mass is 10.1. The van der Waals surface area contributed by atoms with Crippen LogP contribution in [0, 0.1) is 5.92 Å². The zero-order valence-electron chi connectivity index (χ0n) is 9.37. The Bertz CT molecular complexity index is 288. The third-order valence-corrected chi connectivity index (χ3v) is 3.55. The van der Waals surface area contributed by atoms with E-state index in [2.05, 4.69) is 24.9 Å². The second kappa shape index (κ2) is 6.48. The van der Waals surface area contributed by atoms with Gasteiger partial charge in [-0.05, 0) is 38.1 Å². The average molecular weight is 247 g/mol. The second-order valence-electron chi connectivity index (χ2n) is 4.09. The van der Waals surface area contributed by atoms with Gasteiger partial charge >= 0.3 is 0 Å². The van der Waals surface area contributed by atoms with E-state index in [-0.39, 0.29) is 0 Å². The minimum Gasteiger partial charge on any atom is -0.330 e. The van der Waals surface area contributed by atoms with Crippen molar-refractivity contribution in [1.29, 1.82) is 0 Å². The van der Waals surface area contributed by atoms with Crippen LogP contribution in [-0.2, 0) is 6.54 Å². The minimum atomic E-state index is 0.662. The van der Waals surface area contributed by atoms with E-state index in [4.69, 9.17) is 17.3 Å². The van der Waals surface area contributed by atoms with Crippen molar-refractivity contribution in [1.82, 2.24) is 4.90 Å². The first-order chi connectivity index (χ1) is 7.11. The standard InChI is InChI=1S/C11H19ClN2S/c1-9(5-6-13)7-14(2)8-10-3-4-11(12)15-10/h3-4,9H,5-8,13H2,1-2H3. The first kappa shape index (κ1) is 13.0. The summed E-state index contributed by atoms with van der Waals surface area (Å²) in [4.78, 5) is 3.64. The van der Waals surface area contributed by atoms with Gasteiger partial charge in [0.05, 0.1) is 4.34 Å². The fourth-order valence-corrected chi connectivity index (χ4v) is 2.84. The normalized spacial score (nSPS) is 13.4. The van der Waals surface area contributed by atoms with Crippen LogP contribution in [0.1, 0.15) is 18.2 Å². The molecule has 0 radical (unpaired) electrons. The largest absolute Gasteiger partial charge is 0.330 e. The minimum absolute atomic E-state index is 0.662. The molecule has 1 aromatic rings.